The summed E-state index contributed by atoms with van der Waals surface area (Å²) in [5.41, 5.74) is 3.73. The third kappa shape index (κ3) is 1.89. The fraction of sp³-hybridized carbons (Fsp3) is 0.682. The number of aromatic nitrogens is 1. The van der Waals surface area contributed by atoms with Crippen molar-refractivity contribution in [3.63, 3.8) is 0 Å². The first-order valence-electron chi connectivity index (χ1n) is 9.85. The zero-order chi connectivity index (χ0) is 16.4. The van der Waals surface area contributed by atoms with Gasteiger partial charge in [-0.2, -0.15) is 0 Å². The molecule has 0 bridgehead atoms. The summed E-state index contributed by atoms with van der Waals surface area (Å²) in [5, 5.41) is 0. The van der Waals surface area contributed by atoms with E-state index in [1.807, 2.05) is 6.20 Å². The Morgan fingerprint density at radius 2 is 2.04 bits per heavy atom. The second-order valence-corrected chi connectivity index (χ2v) is 9.12. The largest absolute Gasteiger partial charge is 0.378 e. The van der Waals surface area contributed by atoms with Crippen LogP contribution in [0.1, 0.15) is 57.9 Å². The topological polar surface area (TPSA) is 22.1 Å². The highest BCUT2D eigenvalue weighted by molar-refractivity contribution is 5.72. The van der Waals surface area contributed by atoms with Crippen molar-refractivity contribution < 1.29 is 4.74 Å². The van der Waals surface area contributed by atoms with Crippen molar-refractivity contribution in [1.82, 2.24) is 4.98 Å². The summed E-state index contributed by atoms with van der Waals surface area (Å²) in [4.78, 5) is 4.38. The second-order valence-electron chi connectivity index (χ2n) is 9.12. The molecule has 3 aliphatic carbocycles. The molecule has 2 saturated carbocycles. The Bertz CT molecular complexity index is 668. The quantitative estimate of drug-likeness (QED) is 0.717. The highest BCUT2D eigenvalue weighted by atomic mass is 16.5. The van der Waals surface area contributed by atoms with Gasteiger partial charge in [0.15, 0.2) is 0 Å². The molecule has 0 radical (unpaired) electrons. The molecule has 0 amide bonds. The van der Waals surface area contributed by atoms with E-state index in [4.69, 9.17) is 4.74 Å². The predicted octanol–water partition coefficient (Wildman–Crippen LogP) is 5.11. The Morgan fingerprint density at radius 1 is 1.12 bits per heavy atom. The number of allylic oxidation sites excluding steroid dienone is 2. The van der Waals surface area contributed by atoms with Gasteiger partial charge in [-0.25, -0.2) is 0 Å². The van der Waals surface area contributed by atoms with Crippen LogP contribution in [0.5, 0.6) is 0 Å². The lowest BCUT2D eigenvalue weighted by molar-refractivity contribution is -0.0889. The third-order valence-corrected chi connectivity index (χ3v) is 8.30. The van der Waals surface area contributed by atoms with E-state index >= 15 is 0 Å². The lowest BCUT2D eigenvalue weighted by Crippen LogP contribution is -2.51. The smallest absolute Gasteiger partial charge is 0.0632 e. The van der Waals surface area contributed by atoms with Crippen LogP contribution < -0.4 is 0 Å². The Labute approximate surface area is 145 Å². The minimum atomic E-state index is 0.354. The summed E-state index contributed by atoms with van der Waals surface area (Å²) in [5.74, 6) is 2.58. The van der Waals surface area contributed by atoms with Gasteiger partial charge in [0.05, 0.1) is 6.10 Å². The molecular formula is C22H29NO. The van der Waals surface area contributed by atoms with Crippen molar-refractivity contribution in [3.8, 4) is 0 Å². The Balaban J connectivity index is 1.48. The zero-order valence-corrected chi connectivity index (χ0v) is 15.0. The average Bonchev–Trinajstić information content (AvgIpc) is 3.15. The van der Waals surface area contributed by atoms with Gasteiger partial charge < -0.3 is 4.74 Å². The van der Waals surface area contributed by atoms with Crippen LogP contribution in [0, 0.1) is 28.6 Å². The van der Waals surface area contributed by atoms with E-state index in [-0.39, 0.29) is 0 Å². The van der Waals surface area contributed by atoms with Gasteiger partial charge >= 0.3 is 0 Å². The minimum Gasteiger partial charge on any atom is -0.378 e. The van der Waals surface area contributed by atoms with Crippen molar-refractivity contribution in [2.24, 2.45) is 28.6 Å². The van der Waals surface area contributed by atoms with E-state index in [0.717, 1.165) is 24.4 Å². The van der Waals surface area contributed by atoms with Crippen LogP contribution >= 0.6 is 0 Å². The molecule has 2 heterocycles. The van der Waals surface area contributed by atoms with Gasteiger partial charge in [0, 0.05) is 19.0 Å². The number of ether oxygens (including phenoxy) is 1. The van der Waals surface area contributed by atoms with Crippen molar-refractivity contribution >= 4 is 5.57 Å². The molecule has 3 fully saturated rings. The van der Waals surface area contributed by atoms with Gasteiger partial charge in [0.2, 0.25) is 0 Å². The van der Waals surface area contributed by atoms with Crippen LogP contribution in [-0.4, -0.2) is 17.7 Å². The number of nitrogens with zero attached hydrogens (tertiary/aromatic N) is 1. The molecule has 2 heteroatoms. The molecule has 0 N–H and O–H groups in total. The summed E-state index contributed by atoms with van der Waals surface area (Å²) in [6, 6.07) is 4.34. The van der Waals surface area contributed by atoms with E-state index in [1.54, 1.807) is 5.57 Å². The van der Waals surface area contributed by atoms with Gasteiger partial charge in [-0.05, 0) is 84.3 Å². The monoisotopic (exact) mass is 323 g/mol. The SMILES string of the molecule is CC12CCC3C(CCC4OCCC43C)C1CC=C2c1cccnc1. The van der Waals surface area contributed by atoms with Crippen LogP contribution in [0.3, 0.4) is 0 Å². The van der Waals surface area contributed by atoms with Crippen molar-refractivity contribution in [2.45, 2.75) is 58.5 Å². The molecule has 1 aliphatic heterocycles. The number of hydrogen-bond acceptors (Lipinski definition) is 2. The predicted molar refractivity (Wildman–Crippen MR) is 96.3 cm³/mol. The maximum Gasteiger partial charge on any atom is 0.0632 e. The standard InChI is InChI=1S/C22H29NO/c1-21-10-9-19-16(5-8-20-22(19,2)11-13-24-20)18(21)7-6-17(21)15-4-3-12-23-14-15/h3-4,6,12,14,16,18-20H,5,7-11,13H2,1-2H3. The minimum absolute atomic E-state index is 0.354. The summed E-state index contributed by atoms with van der Waals surface area (Å²) in [6.07, 6.45) is 15.0. The second kappa shape index (κ2) is 5.17. The Morgan fingerprint density at radius 3 is 2.88 bits per heavy atom. The molecular weight excluding hydrogens is 294 g/mol. The Kier molecular flexibility index (Phi) is 3.26. The van der Waals surface area contributed by atoms with Crippen LogP contribution in [0.4, 0.5) is 0 Å². The molecule has 128 valence electrons. The van der Waals surface area contributed by atoms with Crippen molar-refractivity contribution in [3.05, 3.63) is 36.2 Å². The van der Waals surface area contributed by atoms with E-state index in [0.29, 0.717) is 16.9 Å². The van der Waals surface area contributed by atoms with Gasteiger partial charge in [-0.3, -0.25) is 4.98 Å². The van der Waals surface area contributed by atoms with E-state index in [9.17, 15) is 0 Å². The maximum atomic E-state index is 6.11. The fourth-order valence-corrected chi connectivity index (χ4v) is 7.00. The third-order valence-electron chi connectivity index (χ3n) is 8.30. The normalized spacial score (nSPS) is 46.8. The lowest BCUT2D eigenvalue weighted by atomic mass is 9.48. The molecule has 6 atom stereocenters. The maximum absolute atomic E-state index is 6.11. The molecule has 1 aromatic heterocycles. The molecule has 24 heavy (non-hydrogen) atoms. The average molecular weight is 323 g/mol. The summed E-state index contributed by atoms with van der Waals surface area (Å²) in [6.45, 7) is 6.07. The van der Waals surface area contributed by atoms with Crippen LogP contribution in [0.2, 0.25) is 0 Å². The van der Waals surface area contributed by atoms with Crippen molar-refractivity contribution in [1.29, 1.82) is 0 Å². The summed E-state index contributed by atoms with van der Waals surface area (Å²) in [7, 11) is 0. The van der Waals surface area contributed by atoms with E-state index in [2.05, 4.69) is 43.2 Å². The highest BCUT2D eigenvalue weighted by Gasteiger charge is 2.59. The number of pyridine rings is 1. The van der Waals surface area contributed by atoms with Gasteiger partial charge in [0.1, 0.15) is 0 Å². The molecule has 6 unspecified atom stereocenters. The summed E-state index contributed by atoms with van der Waals surface area (Å²) < 4.78 is 6.11. The first kappa shape index (κ1) is 15.1. The first-order valence-corrected chi connectivity index (χ1v) is 9.85. The van der Waals surface area contributed by atoms with Crippen LogP contribution in [0.25, 0.3) is 5.57 Å². The van der Waals surface area contributed by atoms with Crippen molar-refractivity contribution in [2.75, 3.05) is 6.61 Å². The molecule has 2 nitrogen and oxygen atoms in total. The molecule has 0 aromatic carbocycles. The first-order chi connectivity index (χ1) is 11.6. The molecule has 5 rings (SSSR count). The number of hydrogen-bond donors (Lipinski definition) is 0. The van der Waals surface area contributed by atoms with Gasteiger partial charge in [0.25, 0.3) is 0 Å². The van der Waals surface area contributed by atoms with Crippen LogP contribution in [0.15, 0.2) is 30.6 Å². The molecule has 1 saturated heterocycles. The molecule has 1 aromatic rings. The molecule has 4 aliphatic rings. The number of rotatable bonds is 1. The number of fused-ring (bicyclic) bond motifs is 5. The zero-order valence-electron chi connectivity index (χ0n) is 15.0. The Hall–Kier alpha value is -1.15. The fourth-order valence-electron chi connectivity index (χ4n) is 7.00. The van der Waals surface area contributed by atoms with Gasteiger partial charge in [-0.1, -0.05) is 26.0 Å². The molecule has 0 spiro atoms. The van der Waals surface area contributed by atoms with Crippen LogP contribution in [-0.2, 0) is 4.74 Å². The highest BCUT2D eigenvalue weighted by Crippen LogP contribution is 2.66. The lowest BCUT2D eigenvalue weighted by Gasteiger charge is -2.56. The summed E-state index contributed by atoms with van der Waals surface area (Å²) >= 11 is 0. The van der Waals surface area contributed by atoms with E-state index < -0.39 is 0 Å². The van der Waals surface area contributed by atoms with E-state index in [1.165, 1.54) is 44.1 Å². The van der Waals surface area contributed by atoms with Gasteiger partial charge in [-0.15, -0.1) is 0 Å².